The number of nitrogens with one attached hydrogen (secondary N) is 1. The second-order valence-corrected chi connectivity index (χ2v) is 15.0. The molecule has 0 radical (unpaired) electrons. The first kappa shape index (κ1) is 36.1. The Morgan fingerprint density at radius 2 is 1.71 bits per heavy atom. The second kappa shape index (κ2) is 16.0. The summed E-state index contributed by atoms with van der Waals surface area (Å²) in [7, 11) is 0.969. The number of hydrogen-bond acceptors (Lipinski definition) is 10. The highest BCUT2D eigenvalue weighted by Gasteiger charge is 2.42. The normalized spacial score (nSPS) is 20.5. The minimum absolute atomic E-state index is 0.198. The Bertz CT molecular complexity index is 1580. The zero-order valence-electron chi connectivity index (χ0n) is 28.9. The fourth-order valence-electron chi connectivity index (χ4n) is 6.19. The molecule has 0 aromatic heterocycles. The number of hydrogen-bond donors (Lipinski definition) is 1. The van der Waals surface area contributed by atoms with Gasteiger partial charge in [0.15, 0.2) is 5.44 Å². The Morgan fingerprint density at radius 3 is 2.40 bits per heavy atom. The Kier molecular flexibility index (Phi) is 12.0. The van der Waals surface area contributed by atoms with Crippen LogP contribution in [0.2, 0.25) is 0 Å². The van der Waals surface area contributed by atoms with E-state index in [1.807, 2.05) is 75.4 Å². The molecular weight excluding hydrogens is 632 g/mol. The molecule has 2 heterocycles. The van der Waals surface area contributed by atoms with Crippen molar-refractivity contribution in [2.24, 2.45) is 0 Å². The van der Waals surface area contributed by atoms with Crippen LogP contribution >= 0.6 is 0 Å². The van der Waals surface area contributed by atoms with Crippen molar-refractivity contribution in [3.05, 3.63) is 83.4 Å². The Hall–Kier alpha value is -3.19. The van der Waals surface area contributed by atoms with Gasteiger partial charge in [-0.15, -0.1) is 0 Å². The molecule has 4 atom stereocenters. The van der Waals surface area contributed by atoms with Crippen molar-refractivity contribution in [3.63, 3.8) is 0 Å². The summed E-state index contributed by atoms with van der Waals surface area (Å²) in [6, 6.07) is 20.3. The van der Waals surface area contributed by atoms with Crippen molar-refractivity contribution >= 4 is 15.5 Å². The van der Waals surface area contributed by atoms with Crippen LogP contribution in [-0.4, -0.2) is 93.6 Å². The van der Waals surface area contributed by atoms with E-state index in [4.69, 9.17) is 28.4 Å². The molecule has 1 N–H and O–H groups in total. The molecule has 1 saturated heterocycles. The molecule has 48 heavy (non-hydrogen) atoms. The number of benzene rings is 3. The molecule has 1 unspecified atom stereocenters. The van der Waals surface area contributed by atoms with Crippen LogP contribution in [0, 0.1) is 6.92 Å². The third-order valence-electron chi connectivity index (χ3n) is 9.11. The molecule has 11 heteroatoms. The monoisotopic (exact) mass is 682 g/mol. The molecule has 2 aliphatic heterocycles. The van der Waals surface area contributed by atoms with Crippen LogP contribution in [0.1, 0.15) is 48.3 Å². The van der Waals surface area contributed by atoms with Crippen LogP contribution < -0.4 is 19.7 Å². The predicted molar refractivity (Wildman–Crippen MR) is 186 cm³/mol. The summed E-state index contributed by atoms with van der Waals surface area (Å²) >= 11 is 0. The third kappa shape index (κ3) is 8.50. The molecule has 3 aromatic rings. The maximum atomic E-state index is 14.6. The fraction of sp³-hybridized carbons (Fsp3) is 0.514. The quantitative estimate of drug-likeness (QED) is 0.213. The van der Waals surface area contributed by atoms with E-state index in [0.29, 0.717) is 45.0 Å². The maximum absolute atomic E-state index is 14.6. The third-order valence-corrected chi connectivity index (χ3v) is 11.0. The van der Waals surface area contributed by atoms with Gasteiger partial charge in [-0.05, 0) is 74.7 Å². The van der Waals surface area contributed by atoms with Crippen molar-refractivity contribution in [3.8, 4) is 11.5 Å². The van der Waals surface area contributed by atoms with E-state index in [-0.39, 0.29) is 16.9 Å². The average molecular weight is 683 g/mol. The van der Waals surface area contributed by atoms with E-state index in [9.17, 15) is 8.42 Å². The molecular formula is C37H50N2O8S. The van der Waals surface area contributed by atoms with Gasteiger partial charge in [0.1, 0.15) is 18.1 Å². The van der Waals surface area contributed by atoms with Crippen molar-refractivity contribution < 1.29 is 36.8 Å². The van der Waals surface area contributed by atoms with Crippen LogP contribution in [-0.2, 0) is 28.8 Å². The van der Waals surface area contributed by atoms with Crippen molar-refractivity contribution in [1.82, 2.24) is 5.32 Å². The molecule has 0 bridgehead atoms. The molecule has 2 aliphatic rings. The number of rotatable bonds is 15. The van der Waals surface area contributed by atoms with E-state index in [0.717, 1.165) is 41.3 Å². The number of methoxy groups -OCH3 is 3. The number of piperidine rings is 1. The van der Waals surface area contributed by atoms with Gasteiger partial charge in [-0.3, -0.25) is 0 Å². The number of anilines is 1. The number of sulfone groups is 1. The maximum Gasteiger partial charge on any atom is 0.209 e. The first-order chi connectivity index (χ1) is 23.1. The van der Waals surface area contributed by atoms with Gasteiger partial charge in [0.2, 0.25) is 9.84 Å². The summed E-state index contributed by atoms with van der Waals surface area (Å²) in [4.78, 5) is 2.42. The molecule has 0 spiro atoms. The lowest BCUT2D eigenvalue weighted by atomic mass is 9.85. The van der Waals surface area contributed by atoms with E-state index in [2.05, 4.69) is 10.2 Å². The standard InChI is InChI=1S/C37H50N2O8S/c1-26-8-15-30(16-9-26)48(40,41)36(28-12-17-32-31(22-28)39(19-21-45-32)18-7-20-42-4)47-34-24-38-23-33(46-25-37(2,3)44-6)35(34)27-10-13-29(43-5)14-11-27/h8-17,22,33-36,38H,7,18-21,23-25H2,1-6H3/t33-,34+,35-,36?/m1/s1. The summed E-state index contributed by atoms with van der Waals surface area (Å²) in [5.41, 5.74) is 1.52. The predicted octanol–water partition coefficient (Wildman–Crippen LogP) is 5.29. The van der Waals surface area contributed by atoms with Gasteiger partial charge < -0.3 is 38.6 Å². The van der Waals surface area contributed by atoms with E-state index in [1.54, 1.807) is 33.5 Å². The summed E-state index contributed by atoms with van der Waals surface area (Å²) in [6.45, 7) is 9.87. The summed E-state index contributed by atoms with van der Waals surface area (Å²) in [6.07, 6.45) is -0.0408. The first-order valence-electron chi connectivity index (χ1n) is 16.5. The van der Waals surface area contributed by atoms with Gasteiger partial charge >= 0.3 is 0 Å². The topological polar surface area (TPSA) is 105 Å². The highest BCUT2D eigenvalue weighted by molar-refractivity contribution is 7.91. The minimum Gasteiger partial charge on any atom is -0.497 e. The SMILES string of the molecule is COCCCN1CCOc2ccc(C(O[C@H]3CNC[C@@H](OCC(C)(C)OC)[C@H]3c3ccc(OC)cc3)S(=O)(=O)c3ccc(C)cc3)cc21. The Labute approximate surface area is 285 Å². The van der Waals surface area contributed by atoms with E-state index >= 15 is 0 Å². The minimum atomic E-state index is -4.02. The Balaban J connectivity index is 1.56. The molecule has 3 aromatic carbocycles. The lowest BCUT2D eigenvalue weighted by Gasteiger charge is -2.41. The van der Waals surface area contributed by atoms with Crippen LogP contribution in [0.5, 0.6) is 11.5 Å². The van der Waals surface area contributed by atoms with Crippen molar-refractivity contribution in [1.29, 1.82) is 0 Å². The number of fused-ring (bicyclic) bond motifs is 1. The van der Waals surface area contributed by atoms with Gasteiger partial charge in [0.25, 0.3) is 0 Å². The molecule has 5 rings (SSSR count). The fourth-order valence-corrected chi connectivity index (χ4v) is 7.74. The van der Waals surface area contributed by atoms with Crippen molar-refractivity contribution in [2.45, 2.75) is 61.3 Å². The largest absolute Gasteiger partial charge is 0.497 e. The van der Waals surface area contributed by atoms with Gasteiger partial charge in [0.05, 0.1) is 48.7 Å². The molecule has 10 nitrogen and oxygen atoms in total. The average Bonchev–Trinajstić information content (AvgIpc) is 3.10. The lowest BCUT2D eigenvalue weighted by molar-refractivity contribution is -0.109. The van der Waals surface area contributed by atoms with Crippen molar-refractivity contribution in [2.75, 3.05) is 72.2 Å². The highest BCUT2D eigenvalue weighted by atomic mass is 32.2. The van der Waals surface area contributed by atoms with Gasteiger partial charge in [-0.1, -0.05) is 35.9 Å². The van der Waals surface area contributed by atoms with Gasteiger partial charge in [-0.2, -0.15) is 0 Å². The van der Waals surface area contributed by atoms with E-state index < -0.39 is 27.0 Å². The smallest absolute Gasteiger partial charge is 0.209 e. The summed E-state index contributed by atoms with van der Waals surface area (Å²) < 4.78 is 65.0. The molecule has 1 fully saturated rings. The van der Waals surface area contributed by atoms with Crippen LogP contribution in [0.4, 0.5) is 5.69 Å². The van der Waals surface area contributed by atoms with Crippen LogP contribution in [0.3, 0.4) is 0 Å². The van der Waals surface area contributed by atoms with Crippen LogP contribution in [0.25, 0.3) is 0 Å². The highest BCUT2D eigenvalue weighted by Crippen LogP contribution is 2.41. The first-order valence-corrected chi connectivity index (χ1v) is 18.1. The zero-order valence-corrected chi connectivity index (χ0v) is 29.8. The van der Waals surface area contributed by atoms with Gasteiger partial charge in [-0.25, -0.2) is 8.42 Å². The van der Waals surface area contributed by atoms with Crippen LogP contribution in [0.15, 0.2) is 71.6 Å². The summed E-state index contributed by atoms with van der Waals surface area (Å²) in [5, 5.41) is 3.45. The second-order valence-electron chi connectivity index (χ2n) is 13.0. The molecule has 0 saturated carbocycles. The number of nitrogens with zero attached hydrogens (tertiary/aromatic N) is 1. The van der Waals surface area contributed by atoms with Gasteiger partial charge in [0, 0.05) is 46.4 Å². The number of aryl methyl sites for hydroxylation is 1. The number of ether oxygens (including phenoxy) is 6. The Morgan fingerprint density at radius 1 is 0.979 bits per heavy atom. The molecule has 262 valence electrons. The van der Waals surface area contributed by atoms with E-state index in [1.165, 1.54) is 0 Å². The zero-order chi connectivity index (χ0) is 34.3. The molecule has 0 amide bonds. The lowest BCUT2D eigenvalue weighted by Crippen LogP contribution is -2.52. The summed E-state index contributed by atoms with van der Waals surface area (Å²) in [5.74, 6) is 1.17. The molecule has 0 aliphatic carbocycles.